The molecule has 0 atom stereocenters. The molecule has 0 radical (unpaired) electrons. The Bertz CT molecular complexity index is 411. The minimum Gasteiger partial charge on any atom is -0.383 e. The first-order chi connectivity index (χ1) is 7.36. The molecule has 1 aromatic heterocycles. The predicted molar refractivity (Wildman–Crippen MR) is 68.0 cm³/mol. The summed E-state index contributed by atoms with van der Waals surface area (Å²) in [6.45, 7) is 0.921. The van der Waals surface area contributed by atoms with Crippen molar-refractivity contribution in [1.82, 2.24) is 0 Å². The number of para-hydroxylation sites is 1. The van der Waals surface area contributed by atoms with E-state index in [0.29, 0.717) is 0 Å². The van der Waals surface area contributed by atoms with E-state index in [9.17, 15) is 0 Å². The molecular weight excluding hydrogens is 226 g/mol. The molecule has 0 aliphatic carbocycles. The van der Waals surface area contributed by atoms with Crippen LogP contribution in [0, 0.1) is 0 Å². The molecule has 0 bridgehead atoms. The van der Waals surface area contributed by atoms with Crippen LogP contribution in [0.3, 0.4) is 0 Å². The quantitative estimate of drug-likeness (QED) is 0.846. The summed E-state index contributed by atoms with van der Waals surface area (Å²) in [6, 6.07) is 12.0. The highest BCUT2D eigenvalue weighted by Crippen LogP contribution is 2.20. The van der Waals surface area contributed by atoms with Gasteiger partial charge in [0.1, 0.15) is 0 Å². The minimum absolute atomic E-state index is 0.781. The monoisotopic (exact) mass is 237 g/mol. The molecule has 0 saturated heterocycles. The summed E-state index contributed by atoms with van der Waals surface area (Å²) in [5, 5.41) is 6.21. The zero-order valence-electron chi connectivity index (χ0n) is 8.24. The lowest BCUT2D eigenvalue weighted by molar-refractivity contribution is 1.04. The summed E-state index contributed by atoms with van der Waals surface area (Å²) in [5.74, 6) is 0. The minimum atomic E-state index is 0.781. The van der Waals surface area contributed by atoms with Gasteiger partial charge in [0.05, 0.1) is 10.7 Å². The van der Waals surface area contributed by atoms with Gasteiger partial charge in [-0.3, -0.25) is 0 Å². The fourth-order valence-electron chi connectivity index (χ4n) is 1.38. The molecule has 0 amide bonds. The predicted octanol–water partition coefficient (Wildman–Crippen LogP) is 4.06. The van der Waals surface area contributed by atoms with Gasteiger partial charge in [-0.25, -0.2) is 0 Å². The fraction of sp³-hybridized carbons (Fsp3) is 0.167. The van der Waals surface area contributed by atoms with E-state index in [1.165, 1.54) is 4.88 Å². The number of benzene rings is 1. The van der Waals surface area contributed by atoms with Crippen LogP contribution in [0.1, 0.15) is 4.88 Å². The molecule has 0 spiro atoms. The highest BCUT2D eigenvalue weighted by molar-refractivity contribution is 7.09. The van der Waals surface area contributed by atoms with Gasteiger partial charge in [0, 0.05) is 11.4 Å². The fourth-order valence-corrected chi connectivity index (χ4v) is 2.29. The molecule has 1 aromatic carbocycles. The lowest BCUT2D eigenvalue weighted by atomic mass is 10.3. The standard InChI is InChI=1S/C12H12ClNS/c13-11-5-1-2-6-12(11)14-8-7-10-4-3-9-15-10/h1-6,9,14H,7-8H2. The number of thiophene rings is 1. The first-order valence-corrected chi connectivity index (χ1v) is 6.13. The molecular formula is C12H12ClNS. The Hall–Kier alpha value is -0.990. The van der Waals surface area contributed by atoms with Crippen LogP contribution in [0.15, 0.2) is 41.8 Å². The number of hydrogen-bond donors (Lipinski definition) is 1. The Morgan fingerprint density at radius 2 is 2.00 bits per heavy atom. The normalized spacial score (nSPS) is 10.2. The average Bonchev–Trinajstić information content (AvgIpc) is 2.74. The Morgan fingerprint density at radius 3 is 2.73 bits per heavy atom. The van der Waals surface area contributed by atoms with E-state index in [-0.39, 0.29) is 0 Å². The van der Waals surface area contributed by atoms with E-state index in [1.807, 2.05) is 24.3 Å². The van der Waals surface area contributed by atoms with E-state index < -0.39 is 0 Å². The van der Waals surface area contributed by atoms with Crippen LogP contribution in [0.5, 0.6) is 0 Å². The van der Waals surface area contributed by atoms with E-state index in [1.54, 1.807) is 11.3 Å². The summed E-state index contributed by atoms with van der Waals surface area (Å²) in [5.41, 5.74) is 1.01. The third-order valence-electron chi connectivity index (χ3n) is 2.14. The molecule has 3 heteroatoms. The summed E-state index contributed by atoms with van der Waals surface area (Å²) in [4.78, 5) is 1.40. The smallest absolute Gasteiger partial charge is 0.0637 e. The number of hydrogen-bond acceptors (Lipinski definition) is 2. The van der Waals surface area contributed by atoms with Gasteiger partial charge in [-0.1, -0.05) is 29.8 Å². The van der Waals surface area contributed by atoms with Gasteiger partial charge in [0.25, 0.3) is 0 Å². The van der Waals surface area contributed by atoms with Gasteiger partial charge in [-0.2, -0.15) is 0 Å². The van der Waals surface area contributed by atoms with Crippen molar-refractivity contribution in [2.24, 2.45) is 0 Å². The summed E-state index contributed by atoms with van der Waals surface area (Å²) >= 11 is 7.81. The summed E-state index contributed by atoms with van der Waals surface area (Å²) in [7, 11) is 0. The summed E-state index contributed by atoms with van der Waals surface area (Å²) < 4.78 is 0. The van der Waals surface area contributed by atoms with E-state index in [2.05, 4.69) is 22.8 Å². The molecule has 15 heavy (non-hydrogen) atoms. The van der Waals surface area contributed by atoms with Crippen molar-refractivity contribution in [2.75, 3.05) is 11.9 Å². The van der Waals surface area contributed by atoms with Crippen LogP contribution in [-0.4, -0.2) is 6.54 Å². The highest BCUT2D eigenvalue weighted by Gasteiger charge is 1.97. The van der Waals surface area contributed by atoms with Gasteiger partial charge in [-0.15, -0.1) is 11.3 Å². The topological polar surface area (TPSA) is 12.0 Å². The van der Waals surface area contributed by atoms with Crippen LogP contribution >= 0.6 is 22.9 Å². The zero-order chi connectivity index (χ0) is 10.5. The molecule has 0 unspecified atom stereocenters. The number of halogens is 1. The molecule has 0 saturated carbocycles. The van der Waals surface area contributed by atoms with Crippen LogP contribution in [0.25, 0.3) is 0 Å². The number of anilines is 1. The number of rotatable bonds is 4. The Balaban J connectivity index is 1.86. The number of nitrogens with one attached hydrogen (secondary N) is 1. The Morgan fingerprint density at radius 1 is 1.13 bits per heavy atom. The first-order valence-electron chi connectivity index (χ1n) is 4.87. The molecule has 0 fully saturated rings. The van der Waals surface area contributed by atoms with E-state index in [0.717, 1.165) is 23.7 Å². The van der Waals surface area contributed by atoms with Crippen LogP contribution in [0.4, 0.5) is 5.69 Å². The molecule has 2 rings (SSSR count). The van der Waals surface area contributed by atoms with E-state index in [4.69, 9.17) is 11.6 Å². The van der Waals surface area contributed by atoms with Gasteiger partial charge in [-0.05, 0) is 30.0 Å². The van der Waals surface area contributed by atoms with Crippen molar-refractivity contribution in [3.8, 4) is 0 Å². The van der Waals surface area contributed by atoms with Crippen molar-refractivity contribution in [3.63, 3.8) is 0 Å². The molecule has 0 aliphatic heterocycles. The van der Waals surface area contributed by atoms with Gasteiger partial charge in [0.2, 0.25) is 0 Å². The second-order valence-corrected chi connectivity index (χ2v) is 4.68. The lowest BCUT2D eigenvalue weighted by Gasteiger charge is -2.06. The third kappa shape index (κ3) is 2.98. The van der Waals surface area contributed by atoms with Crippen molar-refractivity contribution < 1.29 is 0 Å². The maximum absolute atomic E-state index is 6.02. The Labute approximate surface area is 98.7 Å². The van der Waals surface area contributed by atoms with Gasteiger partial charge < -0.3 is 5.32 Å². The van der Waals surface area contributed by atoms with Crippen molar-refractivity contribution in [2.45, 2.75) is 6.42 Å². The zero-order valence-corrected chi connectivity index (χ0v) is 9.81. The molecule has 1 nitrogen and oxygen atoms in total. The van der Waals surface area contributed by atoms with E-state index >= 15 is 0 Å². The highest BCUT2D eigenvalue weighted by atomic mass is 35.5. The second kappa shape index (κ2) is 5.19. The van der Waals surface area contributed by atoms with Crippen molar-refractivity contribution in [3.05, 3.63) is 51.7 Å². The maximum atomic E-state index is 6.02. The largest absolute Gasteiger partial charge is 0.383 e. The first kappa shape index (κ1) is 10.5. The van der Waals surface area contributed by atoms with Crippen molar-refractivity contribution in [1.29, 1.82) is 0 Å². The summed E-state index contributed by atoms with van der Waals surface area (Å²) in [6.07, 6.45) is 1.04. The average molecular weight is 238 g/mol. The molecule has 2 aromatic rings. The SMILES string of the molecule is Clc1ccccc1NCCc1cccs1. The van der Waals surface area contributed by atoms with Gasteiger partial charge >= 0.3 is 0 Å². The molecule has 1 heterocycles. The Kier molecular flexibility index (Phi) is 3.64. The van der Waals surface area contributed by atoms with Crippen LogP contribution in [-0.2, 0) is 6.42 Å². The molecule has 1 N–H and O–H groups in total. The molecule has 0 aliphatic rings. The third-order valence-corrected chi connectivity index (χ3v) is 3.41. The molecule has 78 valence electrons. The lowest BCUT2D eigenvalue weighted by Crippen LogP contribution is -2.03. The van der Waals surface area contributed by atoms with Crippen LogP contribution < -0.4 is 5.32 Å². The van der Waals surface area contributed by atoms with Crippen molar-refractivity contribution >= 4 is 28.6 Å². The van der Waals surface area contributed by atoms with Crippen LogP contribution in [0.2, 0.25) is 5.02 Å². The van der Waals surface area contributed by atoms with Gasteiger partial charge in [0.15, 0.2) is 0 Å². The maximum Gasteiger partial charge on any atom is 0.0637 e. The second-order valence-electron chi connectivity index (χ2n) is 3.24.